The molecule has 3 rings (SSSR count). The van der Waals surface area contributed by atoms with Gasteiger partial charge < -0.3 is 9.15 Å². The minimum atomic E-state index is -3.80. The van der Waals surface area contributed by atoms with Gasteiger partial charge in [-0.2, -0.15) is 0 Å². The number of benzene rings is 2. The molecule has 1 heterocycles. The summed E-state index contributed by atoms with van der Waals surface area (Å²) in [5.41, 5.74) is 4.56. The number of furan rings is 1. The summed E-state index contributed by atoms with van der Waals surface area (Å²) in [7, 11) is -3.80. The molecule has 0 aliphatic heterocycles. The SMILES string of the molecule is CC(Oc1ccc(F)cc1)C(=O)NNC(=O)c1ccc(S(=O)(=O)NCc2ccco2)cc1. The average Bonchev–Trinajstić information content (AvgIpc) is 3.31. The number of hydrogen-bond donors (Lipinski definition) is 3. The van der Waals surface area contributed by atoms with Gasteiger partial charge in [-0.15, -0.1) is 0 Å². The van der Waals surface area contributed by atoms with Gasteiger partial charge in [-0.1, -0.05) is 0 Å². The maximum atomic E-state index is 12.9. The van der Waals surface area contributed by atoms with Gasteiger partial charge in [0.25, 0.3) is 11.8 Å². The number of amides is 2. The molecule has 3 aromatic rings. The monoisotopic (exact) mass is 461 g/mol. The second kappa shape index (κ2) is 10.1. The smallest absolute Gasteiger partial charge is 0.279 e. The van der Waals surface area contributed by atoms with Crippen LogP contribution in [0.5, 0.6) is 5.75 Å². The fourth-order valence-corrected chi connectivity index (χ4v) is 3.50. The van der Waals surface area contributed by atoms with E-state index in [0.29, 0.717) is 5.76 Å². The third-order valence-electron chi connectivity index (χ3n) is 4.24. The first-order chi connectivity index (χ1) is 15.2. The number of sulfonamides is 1. The van der Waals surface area contributed by atoms with E-state index < -0.39 is 33.8 Å². The standard InChI is InChI=1S/C21H20FN3O6S/c1-14(31-17-8-6-16(22)7-9-17)20(26)24-25-21(27)15-4-10-19(11-5-15)32(28,29)23-13-18-3-2-12-30-18/h2-12,14,23H,13H2,1H3,(H,24,26)(H,25,27). The molecular weight excluding hydrogens is 441 g/mol. The maximum absolute atomic E-state index is 12.9. The first-order valence-corrected chi connectivity index (χ1v) is 10.9. The van der Waals surface area contributed by atoms with Crippen molar-refractivity contribution in [2.75, 3.05) is 0 Å². The number of hydrogen-bond acceptors (Lipinski definition) is 6. The molecule has 0 saturated carbocycles. The zero-order valence-corrected chi connectivity index (χ0v) is 17.7. The fraction of sp³-hybridized carbons (Fsp3) is 0.143. The molecule has 1 atom stereocenters. The highest BCUT2D eigenvalue weighted by molar-refractivity contribution is 7.89. The molecule has 3 N–H and O–H groups in total. The number of ether oxygens (including phenoxy) is 1. The van der Waals surface area contributed by atoms with Crippen molar-refractivity contribution in [3.8, 4) is 5.75 Å². The summed E-state index contributed by atoms with van der Waals surface area (Å²) in [6, 6.07) is 13.6. The van der Waals surface area contributed by atoms with Gasteiger partial charge in [0.1, 0.15) is 17.3 Å². The molecule has 0 bridgehead atoms. The average molecular weight is 461 g/mol. The van der Waals surface area contributed by atoms with Gasteiger partial charge in [-0.3, -0.25) is 20.4 Å². The number of nitrogens with one attached hydrogen (secondary N) is 3. The van der Waals surface area contributed by atoms with Crippen molar-refractivity contribution in [2.24, 2.45) is 0 Å². The Labute approximate surface area is 183 Å². The Morgan fingerprint density at radius 3 is 2.34 bits per heavy atom. The van der Waals surface area contributed by atoms with Crippen molar-refractivity contribution in [3.05, 3.63) is 84.1 Å². The molecule has 1 aromatic heterocycles. The zero-order chi connectivity index (χ0) is 23.1. The van der Waals surface area contributed by atoms with E-state index in [0.717, 1.165) is 0 Å². The minimum Gasteiger partial charge on any atom is -0.481 e. The summed E-state index contributed by atoms with van der Waals surface area (Å²) in [5, 5.41) is 0. The molecule has 0 spiro atoms. The molecule has 0 saturated heterocycles. The lowest BCUT2D eigenvalue weighted by Crippen LogP contribution is -2.47. The summed E-state index contributed by atoms with van der Waals surface area (Å²) >= 11 is 0. The van der Waals surface area contributed by atoms with Crippen LogP contribution < -0.4 is 20.3 Å². The Morgan fingerprint density at radius 2 is 1.72 bits per heavy atom. The van der Waals surface area contributed by atoms with Crippen LogP contribution in [0.1, 0.15) is 23.0 Å². The van der Waals surface area contributed by atoms with Crippen LogP contribution in [0.25, 0.3) is 0 Å². The highest BCUT2D eigenvalue weighted by Crippen LogP contribution is 2.13. The number of carbonyl (C=O) groups excluding carboxylic acids is 2. The van der Waals surface area contributed by atoms with Gasteiger partial charge >= 0.3 is 0 Å². The summed E-state index contributed by atoms with van der Waals surface area (Å²) in [6.07, 6.45) is 0.472. The topological polar surface area (TPSA) is 127 Å². The van der Waals surface area contributed by atoms with Crippen molar-refractivity contribution in [1.82, 2.24) is 15.6 Å². The molecule has 0 radical (unpaired) electrons. The van der Waals surface area contributed by atoms with E-state index in [1.807, 2.05) is 0 Å². The largest absolute Gasteiger partial charge is 0.481 e. The zero-order valence-electron chi connectivity index (χ0n) is 16.9. The van der Waals surface area contributed by atoms with E-state index in [-0.39, 0.29) is 22.8 Å². The Balaban J connectivity index is 1.51. The van der Waals surface area contributed by atoms with Gasteiger partial charge in [-0.25, -0.2) is 17.5 Å². The molecule has 32 heavy (non-hydrogen) atoms. The molecule has 168 valence electrons. The van der Waals surface area contributed by atoms with Crippen molar-refractivity contribution >= 4 is 21.8 Å². The Morgan fingerprint density at radius 1 is 1.03 bits per heavy atom. The molecule has 11 heteroatoms. The van der Waals surface area contributed by atoms with Crippen LogP contribution in [-0.2, 0) is 21.4 Å². The quantitative estimate of drug-likeness (QED) is 0.441. The molecule has 9 nitrogen and oxygen atoms in total. The van der Waals surface area contributed by atoms with Gasteiger partial charge in [0.15, 0.2) is 6.10 Å². The van der Waals surface area contributed by atoms with Crippen molar-refractivity contribution in [1.29, 1.82) is 0 Å². The predicted octanol–water partition coefficient (Wildman–Crippen LogP) is 2.13. The Hall–Kier alpha value is -3.70. The van der Waals surface area contributed by atoms with Crippen LogP contribution in [0.4, 0.5) is 4.39 Å². The molecular formula is C21H20FN3O6S. The van der Waals surface area contributed by atoms with Gasteiger partial charge in [0.05, 0.1) is 17.7 Å². The van der Waals surface area contributed by atoms with Crippen molar-refractivity contribution in [2.45, 2.75) is 24.5 Å². The van der Waals surface area contributed by atoms with E-state index in [9.17, 15) is 22.4 Å². The third kappa shape index (κ3) is 6.15. The summed E-state index contributed by atoms with van der Waals surface area (Å²) < 4.78 is 50.4. The highest BCUT2D eigenvalue weighted by Gasteiger charge is 2.18. The summed E-state index contributed by atoms with van der Waals surface area (Å²) in [5.74, 6) is -0.978. The minimum absolute atomic E-state index is 0.0121. The first kappa shape index (κ1) is 23.0. The second-order valence-corrected chi connectivity index (χ2v) is 8.35. The van der Waals surface area contributed by atoms with Crippen molar-refractivity contribution < 1.29 is 31.6 Å². The number of halogens is 1. The second-order valence-electron chi connectivity index (χ2n) is 6.59. The number of rotatable bonds is 8. The van der Waals surface area contributed by atoms with Gasteiger partial charge in [0.2, 0.25) is 10.0 Å². The Bertz CT molecular complexity index is 1160. The van der Waals surface area contributed by atoms with E-state index in [2.05, 4.69) is 15.6 Å². The van der Waals surface area contributed by atoms with Crippen molar-refractivity contribution in [3.63, 3.8) is 0 Å². The molecule has 1 unspecified atom stereocenters. The molecule has 2 aromatic carbocycles. The molecule has 2 amide bonds. The fourth-order valence-electron chi connectivity index (χ4n) is 2.51. The molecule has 0 aliphatic rings. The lowest BCUT2D eigenvalue weighted by molar-refractivity contribution is -0.128. The van der Waals surface area contributed by atoms with E-state index in [4.69, 9.17) is 9.15 Å². The van der Waals surface area contributed by atoms with Crippen LogP contribution in [0.3, 0.4) is 0 Å². The van der Waals surface area contributed by atoms with E-state index in [1.54, 1.807) is 12.1 Å². The Kier molecular flexibility index (Phi) is 7.23. The van der Waals surface area contributed by atoms with E-state index in [1.165, 1.54) is 61.7 Å². The van der Waals surface area contributed by atoms with Crippen LogP contribution in [-0.4, -0.2) is 26.3 Å². The highest BCUT2D eigenvalue weighted by atomic mass is 32.2. The maximum Gasteiger partial charge on any atom is 0.279 e. The first-order valence-electron chi connectivity index (χ1n) is 9.39. The lowest BCUT2D eigenvalue weighted by Gasteiger charge is -2.15. The predicted molar refractivity (Wildman–Crippen MR) is 111 cm³/mol. The van der Waals surface area contributed by atoms with Crippen LogP contribution >= 0.6 is 0 Å². The lowest BCUT2D eigenvalue weighted by atomic mass is 10.2. The van der Waals surface area contributed by atoms with Gasteiger partial charge in [0, 0.05) is 5.56 Å². The summed E-state index contributed by atoms with van der Waals surface area (Å²) in [4.78, 5) is 24.3. The number of hydrazine groups is 1. The van der Waals surface area contributed by atoms with Crippen LogP contribution in [0, 0.1) is 5.82 Å². The third-order valence-corrected chi connectivity index (χ3v) is 5.66. The van der Waals surface area contributed by atoms with E-state index >= 15 is 0 Å². The van der Waals surface area contributed by atoms with Gasteiger partial charge in [-0.05, 0) is 67.6 Å². The molecule has 0 fully saturated rings. The van der Waals surface area contributed by atoms with Crippen LogP contribution in [0.2, 0.25) is 0 Å². The summed E-state index contributed by atoms with van der Waals surface area (Å²) in [6.45, 7) is 1.45. The number of carbonyl (C=O) groups is 2. The normalized spacial score (nSPS) is 12.1. The van der Waals surface area contributed by atoms with Crippen LogP contribution in [0.15, 0.2) is 76.2 Å². The molecule has 0 aliphatic carbocycles.